The molecular formula is C15H25NO2. The van der Waals surface area contributed by atoms with Crippen LogP contribution >= 0.6 is 0 Å². The molecule has 0 aliphatic carbocycles. The van der Waals surface area contributed by atoms with Gasteiger partial charge in [-0.15, -0.1) is 0 Å². The van der Waals surface area contributed by atoms with Crippen molar-refractivity contribution in [2.24, 2.45) is 17.6 Å². The molecule has 2 unspecified atom stereocenters. The number of benzene rings is 1. The number of ether oxygens (including phenoxy) is 1. The minimum atomic E-state index is -0.563. The van der Waals surface area contributed by atoms with Gasteiger partial charge in [0.25, 0.3) is 0 Å². The summed E-state index contributed by atoms with van der Waals surface area (Å²) in [5.41, 5.74) is 7.75. The zero-order chi connectivity index (χ0) is 13.7. The van der Waals surface area contributed by atoms with Crippen molar-refractivity contribution in [3.05, 3.63) is 29.3 Å². The fourth-order valence-corrected chi connectivity index (χ4v) is 2.30. The monoisotopic (exact) mass is 251 g/mol. The molecule has 1 aromatic rings. The highest BCUT2D eigenvalue weighted by atomic mass is 16.5. The molecule has 0 saturated heterocycles. The predicted octanol–water partition coefficient (Wildman–Crippen LogP) is 2.66. The van der Waals surface area contributed by atoms with Crippen LogP contribution in [0.15, 0.2) is 18.2 Å². The smallest absolute Gasteiger partial charge is 0.124 e. The van der Waals surface area contributed by atoms with Crippen molar-refractivity contribution in [2.45, 2.75) is 33.3 Å². The average Bonchev–Trinajstić information content (AvgIpc) is 2.34. The number of aliphatic hydroxyl groups excluding tert-OH is 1. The van der Waals surface area contributed by atoms with E-state index in [1.807, 2.05) is 25.1 Å². The summed E-state index contributed by atoms with van der Waals surface area (Å²) in [4.78, 5) is 0. The van der Waals surface area contributed by atoms with Crippen molar-refractivity contribution in [1.29, 1.82) is 0 Å². The molecule has 2 atom stereocenters. The van der Waals surface area contributed by atoms with Crippen molar-refractivity contribution in [3.8, 4) is 5.75 Å². The highest BCUT2D eigenvalue weighted by Gasteiger charge is 2.23. The first-order chi connectivity index (χ1) is 8.49. The topological polar surface area (TPSA) is 55.5 Å². The van der Waals surface area contributed by atoms with Crippen molar-refractivity contribution >= 4 is 0 Å². The fourth-order valence-electron chi connectivity index (χ4n) is 2.30. The molecule has 0 aliphatic rings. The third-order valence-electron chi connectivity index (χ3n) is 3.23. The van der Waals surface area contributed by atoms with Crippen LogP contribution in [-0.4, -0.2) is 18.8 Å². The van der Waals surface area contributed by atoms with E-state index in [2.05, 4.69) is 13.8 Å². The van der Waals surface area contributed by atoms with Crippen LogP contribution in [0.1, 0.15) is 37.5 Å². The van der Waals surface area contributed by atoms with E-state index in [1.165, 1.54) is 0 Å². The van der Waals surface area contributed by atoms with Crippen molar-refractivity contribution in [1.82, 2.24) is 0 Å². The number of hydrogen-bond donors (Lipinski definition) is 2. The Kier molecular flexibility index (Phi) is 5.63. The van der Waals surface area contributed by atoms with Gasteiger partial charge in [-0.2, -0.15) is 0 Å². The largest absolute Gasteiger partial charge is 0.496 e. The van der Waals surface area contributed by atoms with E-state index < -0.39 is 6.10 Å². The molecule has 0 amide bonds. The summed E-state index contributed by atoms with van der Waals surface area (Å²) in [6, 6.07) is 5.86. The maximum absolute atomic E-state index is 10.5. The molecule has 1 aromatic carbocycles. The molecule has 3 N–H and O–H groups in total. The maximum Gasteiger partial charge on any atom is 0.124 e. The Hall–Kier alpha value is -1.06. The van der Waals surface area contributed by atoms with E-state index >= 15 is 0 Å². The first-order valence-corrected chi connectivity index (χ1v) is 6.52. The summed E-state index contributed by atoms with van der Waals surface area (Å²) in [6.07, 6.45) is 0.349. The molecule has 102 valence electrons. The second-order valence-corrected chi connectivity index (χ2v) is 5.32. The fraction of sp³-hybridized carbons (Fsp3) is 0.600. The molecule has 0 fully saturated rings. The van der Waals surface area contributed by atoms with Crippen LogP contribution in [0.5, 0.6) is 5.75 Å². The Bertz CT molecular complexity index is 377. The van der Waals surface area contributed by atoms with Gasteiger partial charge in [0.2, 0.25) is 0 Å². The molecule has 0 aromatic heterocycles. The Morgan fingerprint density at radius 1 is 1.33 bits per heavy atom. The number of aliphatic hydroxyl groups is 1. The molecule has 0 saturated carbocycles. The lowest BCUT2D eigenvalue weighted by Gasteiger charge is -2.25. The molecule has 0 bridgehead atoms. The van der Waals surface area contributed by atoms with Gasteiger partial charge >= 0.3 is 0 Å². The lowest BCUT2D eigenvalue weighted by molar-refractivity contribution is 0.0967. The van der Waals surface area contributed by atoms with Crippen molar-refractivity contribution < 1.29 is 9.84 Å². The molecule has 3 nitrogen and oxygen atoms in total. The Balaban J connectivity index is 2.99. The van der Waals surface area contributed by atoms with E-state index in [0.717, 1.165) is 23.3 Å². The lowest BCUT2D eigenvalue weighted by Crippen LogP contribution is -2.24. The van der Waals surface area contributed by atoms with Gasteiger partial charge in [0.1, 0.15) is 5.75 Å². The van der Waals surface area contributed by atoms with Crippen LogP contribution in [-0.2, 0) is 0 Å². The molecular weight excluding hydrogens is 226 g/mol. The average molecular weight is 251 g/mol. The number of methoxy groups -OCH3 is 1. The van der Waals surface area contributed by atoms with Gasteiger partial charge in [-0.25, -0.2) is 0 Å². The summed E-state index contributed by atoms with van der Waals surface area (Å²) in [7, 11) is 1.63. The standard InChI is InChI=1S/C15H25NO2/c1-10(2)7-12(9-16)15(17)13-8-11(3)5-6-14(13)18-4/h5-6,8,10,12,15,17H,7,9,16H2,1-4H3. The minimum absolute atomic E-state index is 0.0701. The number of nitrogens with two attached hydrogens (primary N) is 1. The number of aryl methyl sites for hydroxylation is 1. The molecule has 0 heterocycles. The number of hydrogen-bond acceptors (Lipinski definition) is 3. The quantitative estimate of drug-likeness (QED) is 0.817. The third-order valence-corrected chi connectivity index (χ3v) is 3.23. The van der Waals surface area contributed by atoms with E-state index in [9.17, 15) is 5.11 Å². The van der Waals surface area contributed by atoms with Gasteiger partial charge < -0.3 is 15.6 Å². The summed E-state index contributed by atoms with van der Waals surface area (Å²) < 4.78 is 5.32. The Labute approximate surface area is 110 Å². The summed E-state index contributed by atoms with van der Waals surface area (Å²) in [5, 5.41) is 10.5. The van der Waals surface area contributed by atoms with Gasteiger partial charge in [-0.1, -0.05) is 25.5 Å². The van der Waals surface area contributed by atoms with Crippen LogP contribution in [0.2, 0.25) is 0 Å². The van der Waals surface area contributed by atoms with Gasteiger partial charge in [0.05, 0.1) is 13.2 Å². The summed E-state index contributed by atoms with van der Waals surface area (Å²) in [6.45, 7) is 6.78. The summed E-state index contributed by atoms with van der Waals surface area (Å²) in [5.74, 6) is 1.32. The van der Waals surface area contributed by atoms with Crippen LogP contribution in [0.4, 0.5) is 0 Å². The van der Waals surface area contributed by atoms with Crippen LogP contribution in [0, 0.1) is 18.8 Å². The van der Waals surface area contributed by atoms with E-state index in [-0.39, 0.29) is 5.92 Å². The first kappa shape index (κ1) is 15.0. The normalized spacial score (nSPS) is 14.6. The maximum atomic E-state index is 10.5. The van der Waals surface area contributed by atoms with Crippen LogP contribution < -0.4 is 10.5 Å². The van der Waals surface area contributed by atoms with Gasteiger partial charge in [0, 0.05) is 11.5 Å². The number of rotatable bonds is 6. The first-order valence-electron chi connectivity index (χ1n) is 6.52. The highest BCUT2D eigenvalue weighted by Crippen LogP contribution is 2.33. The van der Waals surface area contributed by atoms with Crippen LogP contribution in [0.25, 0.3) is 0 Å². The third kappa shape index (κ3) is 3.72. The predicted molar refractivity (Wildman–Crippen MR) is 74.7 cm³/mol. The Morgan fingerprint density at radius 3 is 2.50 bits per heavy atom. The summed E-state index contributed by atoms with van der Waals surface area (Å²) >= 11 is 0. The highest BCUT2D eigenvalue weighted by molar-refractivity contribution is 5.38. The zero-order valence-electron chi connectivity index (χ0n) is 11.8. The van der Waals surface area contributed by atoms with Gasteiger partial charge in [-0.3, -0.25) is 0 Å². The molecule has 0 radical (unpaired) electrons. The van der Waals surface area contributed by atoms with Gasteiger partial charge in [-0.05, 0) is 37.9 Å². The Morgan fingerprint density at radius 2 is 2.00 bits per heavy atom. The molecule has 18 heavy (non-hydrogen) atoms. The molecule has 3 heteroatoms. The van der Waals surface area contributed by atoms with Crippen molar-refractivity contribution in [3.63, 3.8) is 0 Å². The molecule has 0 aliphatic heterocycles. The SMILES string of the molecule is COc1ccc(C)cc1C(O)C(CN)CC(C)C. The van der Waals surface area contributed by atoms with E-state index in [1.54, 1.807) is 7.11 Å². The second-order valence-electron chi connectivity index (χ2n) is 5.32. The second kappa shape index (κ2) is 6.76. The lowest BCUT2D eigenvalue weighted by atomic mass is 9.87. The van der Waals surface area contributed by atoms with E-state index in [4.69, 9.17) is 10.5 Å². The van der Waals surface area contributed by atoms with Gasteiger partial charge in [0.15, 0.2) is 0 Å². The molecule has 1 rings (SSSR count). The van der Waals surface area contributed by atoms with Crippen LogP contribution in [0.3, 0.4) is 0 Å². The van der Waals surface area contributed by atoms with E-state index in [0.29, 0.717) is 12.5 Å². The zero-order valence-corrected chi connectivity index (χ0v) is 11.8. The molecule has 0 spiro atoms. The minimum Gasteiger partial charge on any atom is -0.496 e. The van der Waals surface area contributed by atoms with Crippen molar-refractivity contribution in [2.75, 3.05) is 13.7 Å².